The number of hydrogen-bond acceptors (Lipinski definition) is 5. The van der Waals surface area contributed by atoms with Crippen molar-refractivity contribution in [3.05, 3.63) is 51.6 Å². The number of amides is 1. The van der Waals surface area contributed by atoms with Crippen molar-refractivity contribution in [2.45, 2.75) is 38.8 Å². The third kappa shape index (κ3) is 3.36. The second-order valence-electron chi connectivity index (χ2n) is 5.48. The van der Waals surface area contributed by atoms with Crippen molar-refractivity contribution in [2.24, 2.45) is 0 Å². The second kappa shape index (κ2) is 6.55. The number of fused-ring (bicyclic) bond motifs is 1. The minimum atomic E-state index is -0.493. The molecule has 0 unspecified atom stereocenters. The van der Waals surface area contributed by atoms with Crippen molar-refractivity contribution >= 4 is 11.6 Å². The van der Waals surface area contributed by atoms with Crippen molar-refractivity contribution in [1.29, 1.82) is 0 Å². The van der Waals surface area contributed by atoms with E-state index < -0.39 is 4.92 Å². The highest BCUT2D eigenvalue weighted by Gasteiger charge is 2.16. The highest BCUT2D eigenvalue weighted by Crippen LogP contribution is 2.15. The van der Waals surface area contributed by atoms with Gasteiger partial charge in [-0.25, -0.2) is 0 Å². The fraction of sp³-hybridized carbons (Fsp3) is 0.400. The Labute approximate surface area is 132 Å². The van der Waals surface area contributed by atoms with Gasteiger partial charge in [-0.2, -0.15) is 0 Å². The lowest BCUT2D eigenvalue weighted by Gasteiger charge is -2.08. The summed E-state index contributed by atoms with van der Waals surface area (Å²) in [7, 11) is 0. The van der Waals surface area contributed by atoms with Crippen molar-refractivity contribution in [1.82, 2.24) is 20.1 Å². The molecule has 0 saturated carbocycles. The Kier molecular flexibility index (Phi) is 4.31. The number of aryl methyl sites for hydroxylation is 1. The Morgan fingerprint density at radius 1 is 1.22 bits per heavy atom. The smallest absolute Gasteiger partial charge is 0.269 e. The molecule has 2 heterocycles. The lowest BCUT2D eigenvalue weighted by atomic mass is 10.2. The van der Waals surface area contributed by atoms with Gasteiger partial charge in [0.15, 0.2) is 5.82 Å². The number of carbonyl (C=O) groups is 1. The predicted molar refractivity (Wildman–Crippen MR) is 81.8 cm³/mol. The van der Waals surface area contributed by atoms with E-state index in [0.717, 1.165) is 37.5 Å². The molecule has 8 heteroatoms. The number of rotatable bonds is 4. The van der Waals surface area contributed by atoms with Crippen LogP contribution < -0.4 is 5.32 Å². The predicted octanol–water partition coefficient (Wildman–Crippen LogP) is 1.84. The van der Waals surface area contributed by atoms with E-state index in [1.54, 1.807) is 0 Å². The Hall–Kier alpha value is -2.77. The van der Waals surface area contributed by atoms with E-state index in [-0.39, 0.29) is 11.6 Å². The molecule has 0 saturated heterocycles. The zero-order valence-corrected chi connectivity index (χ0v) is 12.6. The molecule has 120 valence electrons. The van der Waals surface area contributed by atoms with Gasteiger partial charge in [-0.3, -0.25) is 14.9 Å². The van der Waals surface area contributed by atoms with Crippen LogP contribution in [0.3, 0.4) is 0 Å². The molecule has 23 heavy (non-hydrogen) atoms. The van der Waals surface area contributed by atoms with Gasteiger partial charge in [0.1, 0.15) is 5.82 Å². The summed E-state index contributed by atoms with van der Waals surface area (Å²) >= 11 is 0. The first-order chi connectivity index (χ1) is 11.1. The molecule has 0 spiro atoms. The quantitative estimate of drug-likeness (QED) is 0.685. The van der Waals surface area contributed by atoms with E-state index in [0.29, 0.717) is 12.1 Å². The summed E-state index contributed by atoms with van der Waals surface area (Å²) in [6.45, 7) is 1.17. The Bertz CT molecular complexity index is 723. The molecule has 1 amide bonds. The van der Waals surface area contributed by atoms with Crippen LogP contribution in [0.15, 0.2) is 24.3 Å². The van der Waals surface area contributed by atoms with Crippen LogP contribution in [0.25, 0.3) is 0 Å². The summed E-state index contributed by atoms with van der Waals surface area (Å²) in [5.74, 6) is 1.44. The lowest BCUT2D eigenvalue weighted by Crippen LogP contribution is -2.25. The number of nitrogens with one attached hydrogen (secondary N) is 1. The largest absolute Gasteiger partial charge is 0.345 e. The number of benzene rings is 1. The van der Waals surface area contributed by atoms with E-state index in [1.807, 2.05) is 0 Å². The highest BCUT2D eigenvalue weighted by atomic mass is 16.6. The molecular formula is C15H17N5O3. The van der Waals surface area contributed by atoms with Gasteiger partial charge in [0, 0.05) is 30.7 Å². The van der Waals surface area contributed by atoms with Crippen LogP contribution in [-0.4, -0.2) is 25.6 Å². The molecule has 0 radical (unpaired) electrons. The molecule has 1 aliphatic rings. The summed E-state index contributed by atoms with van der Waals surface area (Å²) in [4.78, 5) is 22.2. The molecule has 2 aromatic rings. The number of hydrogen-bond donors (Lipinski definition) is 1. The number of nitro benzene ring substituents is 1. The maximum Gasteiger partial charge on any atom is 0.269 e. The van der Waals surface area contributed by atoms with Gasteiger partial charge >= 0.3 is 0 Å². The first kappa shape index (κ1) is 15.1. The lowest BCUT2D eigenvalue weighted by molar-refractivity contribution is -0.384. The van der Waals surface area contributed by atoms with E-state index in [1.165, 1.54) is 30.7 Å². The van der Waals surface area contributed by atoms with E-state index in [2.05, 4.69) is 20.1 Å². The maximum absolute atomic E-state index is 12.1. The molecule has 8 nitrogen and oxygen atoms in total. The number of carbonyl (C=O) groups excluding carboxylic acids is 1. The monoisotopic (exact) mass is 315 g/mol. The van der Waals surface area contributed by atoms with Crippen LogP contribution in [0, 0.1) is 10.1 Å². The molecule has 0 fully saturated rings. The molecule has 1 aliphatic heterocycles. The topological polar surface area (TPSA) is 103 Å². The van der Waals surface area contributed by atoms with Crippen molar-refractivity contribution in [3.8, 4) is 0 Å². The van der Waals surface area contributed by atoms with Crippen LogP contribution in [0.2, 0.25) is 0 Å². The molecule has 0 atom stereocenters. The van der Waals surface area contributed by atoms with Gasteiger partial charge in [-0.1, -0.05) is 6.42 Å². The highest BCUT2D eigenvalue weighted by molar-refractivity contribution is 5.94. The van der Waals surface area contributed by atoms with Crippen molar-refractivity contribution in [2.75, 3.05) is 0 Å². The Morgan fingerprint density at radius 3 is 2.74 bits per heavy atom. The summed E-state index contributed by atoms with van der Waals surface area (Å²) in [5.41, 5.74) is 0.343. The SMILES string of the molecule is O=C(NCc1nnc2n1CCCCC2)c1ccc([N+](=O)[O-])cc1. The fourth-order valence-corrected chi connectivity index (χ4v) is 2.67. The summed E-state index contributed by atoms with van der Waals surface area (Å²) < 4.78 is 2.07. The zero-order chi connectivity index (χ0) is 16.2. The van der Waals surface area contributed by atoms with E-state index >= 15 is 0 Å². The van der Waals surface area contributed by atoms with Gasteiger partial charge in [0.2, 0.25) is 0 Å². The van der Waals surface area contributed by atoms with Gasteiger partial charge in [0.25, 0.3) is 11.6 Å². The number of non-ortho nitro benzene ring substituents is 1. The first-order valence-electron chi connectivity index (χ1n) is 7.59. The molecule has 1 aromatic heterocycles. The van der Waals surface area contributed by atoms with Crippen molar-refractivity contribution in [3.63, 3.8) is 0 Å². The molecule has 1 N–H and O–H groups in total. The molecule has 3 rings (SSSR count). The van der Waals surface area contributed by atoms with Crippen LogP contribution in [-0.2, 0) is 19.5 Å². The number of nitrogens with zero attached hydrogens (tertiary/aromatic N) is 4. The fourth-order valence-electron chi connectivity index (χ4n) is 2.67. The number of nitro groups is 1. The van der Waals surface area contributed by atoms with Gasteiger partial charge in [-0.15, -0.1) is 10.2 Å². The zero-order valence-electron chi connectivity index (χ0n) is 12.6. The summed E-state index contributed by atoms with van der Waals surface area (Å²) in [6.07, 6.45) is 4.31. The average Bonchev–Trinajstić information content (AvgIpc) is 2.79. The molecular weight excluding hydrogens is 298 g/mol. The molecule has 0 aliphatic carbocycles. The van der Waals surface area contributed by atoms with Crippen molar-refractivity contribution < 1.29 is 9.72 Å². The van der Waals surface area contributed by atoms with Crippen LogP contribution >= 0.6 is 0 Å². The van der Waals surface area contributed by atoms with Crippen LogP contribution in [0.5, 0.6) is 0 Å². The normalized spacial score (nSPS) is 13.9. The van der Waals surface area contributed by atoms with E-state index in [9.17, 15) is 14.9 Å². The Balaban J connectivity index is 1.65. The third-order valence-corrected chi connectivity index (χ3v) is 3.93. The minimum absolute atomic E-state index is 0.0377. The minimum Gasteiger partial charge on any atom is -0.345 e. The molecule has 0 bridgehead atoms. The Morgan fingerprint density at radius 2 is 2.00 bits per heavy atom. The van der Waals surface area contributed by atoms with Gasteiger partial charge in [-0.05, 0) is 25.0 Å². The summed E-state index contributed by atoms with van der Waals surface area (Å²) in [6, 6.07) is 5.52. The number of aromatic nitrogens is 3. The maximum atomic E-state index is 12.1. The van der Waals surface area contributed by atoms with Crippen LogP contribution in [0.1, 0.15) is 41.3 Å². The van der Waals surface area contributed by atoms with Gasteiger partial charge in [0.05, 0.1) is 11.5 Å². The van der Waals surface area contributed by atoms with E-state index in [4.69, 9.17) is 0 Å². The standard InChI is InChI=1S/C15H17N5O3/c21-15(11-5-7-12(8-6-11)20(22)23)16-10-14-18-17-13-4-2-1-3-9-19(13)14/h5-8H,1-4,9-10H2,(H,16,21). The van der Waals surface area contributed by atoms with Crippen LogP contribution in [0.4, 0.5) is 5.69 Å². The second-order valence-corrected chi connectivity index (χ2v) is 5.48. The average molecular weight is 315 g/mol. The van der Waals surface area contributed by atoms with Gasteiger partial charge < -0.3 is 9.88 Å². The first-order valence-corrected chi connectivity index (χ1v) is 7.59. The summed E-state index contributed by atoms with van der Waals surface area (Å²) in [5, 5.41) is 21.7. The third-order valence-electron chi connectivity index (χ3n) is 3.93. The molecule has 1 aromatic carbocycles.